The average Bonchev–Trinajstić information content (AvgIpc) is 1.85. The van der Waals surface area contributed by atoms with Crippen LogP contribution >= 0.6 is 0 Å². The maximum absolute atomic E-state index is 3.12. The van der Waals surface area contributed by atoms with Crippen molar-refractivity contribution in [1.82, 2.24) is 5.32 Å². The predicted molar refractivity (Wildman–Crippen MR) is 42.5 cm³/mol. The van der Waals surface area contributed by atoms with Crippen molar-refractivity contribution in [2.75, 3.05) is 13.6 Å². The molecule has 0 saturated carbocycles. The Hall–Kier alpha value is -0.300. The van der Waals surface area contributed by atoms with E-state index in [1.165, 1.54) is 6.42 Å². The molecular formula is C8H17N. The van der Waals surface area contributed by atoms with Crippen molar-refractivity contribution in [1.29, 1.82) is 0 Å². The largest absolute Gasteiger partial charge is 0.320 e. The van der Waals surface area contributed by atoms with E-state index in [4.69, 9.17) is 0 Å². The molecule has 0 aliphatic heterocycles. The first-order valence-electron chi connectivity index (χ1n) is 3.58. The number of hydrogen-bond acceptors (Lipinski definition) is 1. The van der Waals surface area contributed by atoms with Gasteiger partial charge in [-0.3, -0.25) is 0 Å². The SMILES string of the molecule is C/C=C\C(C)CCNC. The highest BCUT2D eigenvalue weighted by Crippen LogP contribution is 2.00. The molecule has 0 aromatic heterocycles. The normalized spacial score (nSPS) is 14.6. The van der Waals surface area contributed by atoms with Crippen LogP contribution in [0.5, 0.6) is 0 Å². The highest BCUT2D eigenvalue weighted by molar-refractivity contribution is 4.82. The number of hydrogen-bond donors (Lipinski definition) is 1. The third kappa shape index (κ3) is 5.57. The Morgan fingerprint density at radius 3 is 2.67 bits per heavy atom. The van der Waals surface area contributed by atoms with Crippen LogP contribution in [0.25, 0.3) is 0 Å². The fourth-order valence-electron chi connectivity index (χ4n) is 0.797. The zero-order valence-electron chi connectivity index (χ0n) is 6.65. The Labute approximate surface area is 58.2 Å². The van der Waals surface area contributed by atoms with Crippen LogP contribution < -0.4 is 5.32 Å². The molecule has 0 aromatic rings. The molecule has 0 aliphatic rings. The van der Waals surface area contributed by atoms with E-state index in [0.29, 0.717) is 0 Å². The van der Waals surface area contributed by atoms with Crippen LogP contribution in [0.4, 0.5) is 0 Å². The Bertz CT molecular complexity index is 76.6. The van der Waals surface area contributed by atoms with Crippen molar-refractivity contribution in [3.05, 3.63) is 12.2 Å². The van der Waals surface area contributed by atoms with Gasteiger partial charge in [-0.1, -0.05) is 19.1 Å². The summed E-state index contributed by atoms with van der Waals surface area (Å²) in [6, 6.07) is 0. The van der Waals surface area contributed by atoms with Crippen molar-refractivity contribution in [3.8, 4) is 0 Å². The van der Waals surface area contributed by atoms with Gasteiger partial charge in [-0.15, -0.1) is 0 Å². The smallest absolute Gasteiger partial charge is 0.00464 e. The van der Waals surface area contributed by atoms with Crippen LogP contribution in [0.15, 0.2) is 12.2 Å². The Morgan fingerprint density at radius 2 is 2.22 bits per heavy atom. The van der Waals surface area contributed by atoms with Crippen LogP contribution in [0, 0.1) is 5.92 Å². The lowest BCUT2D eigenvalue weighted by molar-refractivity contribution is 0.610. The molecule has 54 valence electrons. The van der Waals surface area contributed by atoms with E-state index in [1.807, 2.05) is 7.05 Å². The van der Waals surface area contributed by atoms with Crippen molar-refractivity contribution in [2.24, 2.45) is 5.92 Å². The molecule has 9 heavy (non-hydrogen) atoms. The van der Waals surface area contributed by atoms with Crippen LogP contribution in [0.3, 0.4) is 0 Å². The molecule has 1 atom stereocenters. The molecule has 1 unspecified atom stereocenters. The van der Waals surface area contributed by atoms with E-state index < -0.39 is 0 Å². The van der Waals surface area contributed by atoms with Crippen LogP contribution in [0.1, 0.15) is 20.3 Å². The Morgan fingerprint density at radius 1 is 1.56 bits per heavy atom. The van der Waals surface area contributed by atoms with E-state index in [9.17, 15) is 0 Å². The molecule has 0 amide bonds. The minimum Gasteiger partial charge on any atom is -0.320 e. The highest BCUT2D eigenvalue weighted by atomic mass is 14.8. The van der Waals surface area contributed by atoms with Crippen LogP contribution in [-0.4, -0.2) is 13.6 Å². The van der Waals surface area contributed by atoms with Crippen molar-refractivity contribution < 1.29 is 0 Å². The van der Waals surface area contributed by atoms with Crippen molar-refractivity contribution >= 4 is 0 Å². The van der Waals surface area contributed by atoms with Gasteiger partial charge in [0.25, 0.3) is 0 Å². The summed E-state index contributed by atoms with van der Waals surface area (Å²) in [5.41, 5.74) is 0. The molecule has 0 heterocycles. The molecule has 0 radical (unpaired) electrons. The molecule has 0 aliphatic carbocycles. The van der Waals surface area contributed by atoms with Gasteiger partial charge < -0.3 is 5.32 Å². The molecule has 0 rings (SSSR count). The molecular weight excluding hydrogens is 110 g/mol. The molecule has 1 nitrogen and oxygen atoms in total. The lowest BCUT2D eigenvalue weighted by Crippen LogP contribution is -2.10. The van der Waals surface area contributed by atoms with Gasteiger partial charge in [0.1, 0.15) is 0 Å². The van der Waals surface area contributed by atoms with Gasteiger partial charge in [-0.05, 0) is 32.9 Å². The quantitative estimate of drug-likeness (QED) is 0.568. The number of allylic oxidation sites excluding steroid dienone is 2. The fourth-order valence-corrected chi connectivity index (χ4v) is 0.797. The lowest BCUT2D eigenvalue weighted by atomic mass is 10.1. The van der Waals surface area contributed by atoms with Gasteiger partial charge in [0.15, 0.2) is 0 Å². The standard InChI is InChI=1S/C8H17N/c1-4-5-8(2)6-7-9-3/h4-5,8-9H,6-7H2,1-3H3/b5-4-. The first kappa shape index (κ1) is 8.70. The minimum atomic E-state index is 0.724. The molecule has 0 aromatic carbocycles. The van der Waals surface area contributed by atoms with Crippen LogP contribution in [0.2, 0.25) is 0 Å². The molecule has 0 fully saturated rings. The highest BCUT2D eigenvalue weighted by Gasteiger charge is 1.92. The monoisotopic (exact) mass is 127 g/mol. The first-order valence-corrected chi connectivity index (χ1v) is 3.58. The van der Waals surface area contributed by atoms with Gasteiger partial charge in [-0.25, -0.2) is 0 Å². The zero-order chi connectivity index (χ0) is 7.11. The second kappa shape index (κ2) is 5.83. The summed E-state index contributed by atoms with van der Waals surface area (Å²) >= 11 is 0. The summed E-state index contributed by atoms with van der Waals surface area (Å²) in [7, 11) is 1.99. The third-order valence-electron chi connectivity index (χ3n) is 1.37. The Kier molecular flexibility index (Phi) is 5.64. The van der Waals surface area contributed by atoms with Crippen LogP contribution in [-0.2, 0) is 0 Å². The van der Waals surface area contributed by atoms with Gasteiger partial charge >= 0.3 is 0 Å². The first-order chi connectivity index (χ1) is 4.31. The van der Waals surface area contributed by atoms with E-state index in [-0.39, 0.29) is 0 Å². The number of rotatable bonds is 4. The summed E-state index contributed by atoms with van der Waals surface area (Å²) in [6.07, 6.45) is 5.58. The summed E-state index contributed by atoms with van der Waals surface area (Å²) in [6.45, 7) is 5.42. The Balaban J connectivity index is 3.15. The third-order valence-corrected chi connectivity index (χ3v) is 1.37. The predicted octanol–water partition coefficient (Wildman–Crippen LogP) is 1.81. The maximum Gasteiger partial charge on any atom is -0.00464 e. The molecule has 0 bridgehead atoms. The molecule has 1 N–H and O–H groups in total. The molecule has 0 spiro atoms. The van der Waals surface area contributed by atoms with Gasteiger partial charge in [0, 0.05) is 0 Å². The number of nitrogens with one attached hydrogen (secondary N) is 1. The van der Waals surface area contributed by atoms with Crippen molar-refractivity contribution in [2.45, 2.75) is 20.3 Å². The summed E-state index contributed by atoms with van der Waals surface area (Å²) in [4.78, 5) is 0. The van der Waals surface area contributed by atoms with Crippen molar-refractivity contribution in [3.63, 3.8) is 0 Å². The van der Waals surface area contributed by atoms with E-state index in [0.717, 1.165) is 12.5 Å². The topological polar surface area (TPSA) is 12.0 Å². The van der Waals surface area contributed by atoms with E-state index in [2.05, 4.69) is 31.3 Å². The average molecular weight is 127 g/mol. The second-order valence-corrected chi connectivity index (χ2v) is 2.40. The summed E-state index contributed by atoms with van der Waals surface area (Å²) < 4.78 is 0. The molecule has 0 saturated heterocycles. The zero-order valence-corrected chi connectivity index (χ0v) is 6.65. The van der Waals surface area contributed by atoms with Gasteiger partial charge in [0.05, 0.1) is 0 Å². The maximum atomic E-state index is 3.12. The summed E-state index contributed by atoms with van der Waals surface area (Å²) in [5, 5.41) is 3.12. The summed E-state index contributed by atoms with van der Waals surface area (Å²) in [5.74, 6) is 0.724. The van der Waals surface area contributed by atoms with Gasteiger partial charge in [0.2, 0.25) is 0 Å². The van der Waals surface area contributed by atoms with E-state index >= 15 is 0 Å². The lowest BCUT2D eigenvalue weighted by Gasteiger charge is -2.03. The van der Waals surface area contributed by atoms with E-state index in [1.54, 1.807) is 0 Å². The fraction of sp³-hybridized carbons (Fsp3) is 0.750. The minimum absolute atomic E-state index is 0.724. The molecule has 1 heteroatoms. The second-order valence-electron chi connectivity index (χ2n) is 2.40. The van der Waals surface area contributed by atoms with Gasteiger partial charge in [-0.2, -0.15) is 0 Å².